The fourth-order valence-electron chi connectivity index (χ4n) is 2.87. The molecule has 0 bridgehead atoms. The number of halogens is 1. The van der Waals surface area contributed by atoms with E-state index in [1.165, 1.54) is 12.1 Å². The van der Waals surface area contributed by atoms with Crippen LogP contribution in [0, 0.1) is 11.7 Å². The van der Waals surface area contributed by atoms with Gasteiger partial charge < -0.3 is 14.8 Å². The van der Waals surface area contributed by atoms with Gasteiger partial charge in [-0.25, -0.2) is 4.39 Å². The molecule has 0 unspecified atom stereocenters. The van der Waals surface area contributed by atoms with Crippen molar-refractivity contribution in [2.24, 2.45) is 5.92 Å². The minimum Gasteiger partial charge on any atom is -0.490 e. The molecule has 0 aromatic heterocycles. The minimum absolute atomic E-state index is 0.0440. The fraction of sp³-hybridized carbons (Fsp3) is 0.350. The highest BCUT2D eigenvalue weighted by molar-refractivity contribution is 5.94. The lowest BCUT2D eigenvalue weighted by molar-refractivity contribution is 0.0921. The Kier molecular flexibility index (Phi) is 5.22. The number of amides is 1. The van der Waals surface area contributed by atoms with Crippen LogP contribution in [0.5, 0.6) is 11.5 Å². The lowest BCUT2D eigenvalue weighted by atomic mass is 9.95. The summed E-state index contributed by atoms with van der Waals surface area (Å²) in [6, 6.07) is 11.4. The van der Waals surface area contributed by atoms with Gasteiger partial charge in [0.15, 0.2) is 11.5 Å². The van der Waals surface area contributed by atoms with E-state index in [0.29, 0.717) is 24.7 Å². The van der Waals surface area contributed by atoms with Gasteiger partial charge >= 0.3 is 0 Å². The molecule has 2 aromatic rings. The number of ether oxygens (including phenoxy) is 2. The van der Waals surface area contributed by atoms with Crippen molar-refractivity contribution in [3.05, 3.63) is 59.4 Å². The molecule has 0 radical (unpaired) electrons. The number of benzene rings is 2. The van der Waals surface area contributed by atoms with Crippen molar-refractivity contribution in [1.82, 2.24) is 5.32 Å². The third-order valence-corrected chi connectivity index (χ3v) is 4.20. The van der Waals surface area contributed by atoms with Crippen LogP contribution in [0.25, 0.3) is 0 Å². The van der Waals surface area contributed by atoms with Gasteiger partial charge in [0.1, 0.15) is 5.82 Å². The molecule has 5 heteroatoms. The quantitative estimate of drug-likeness (QED) is 0.909. The lowest BCUT2D eigenvalue weighted by Gasteiger charge is -2.24. The van der Waals surface area contributed by atoms with Crippen LogP contribution in [-0.4, -0.2) is 19.1 Å². The molecule has 2 aromatic carbocycles. The molecule has 1 atom stereocenters. The molecular formula is C20H22FNO3. The Morgan fingerprint density at radius 1 is 1.08 bits per heavy atom. The zero-order valence-electron chi connectivity index (χ0n) is 14.4. The number of fused-ring (bicyclic) bond motifs is 1. The first kappa shape index (κ1) is 17.3. The molecule has 4 nitrogen and oxygen atoms in total. The van der Waals surface area contributed by atoms with Crippen LogP contribution in [0.1, 0.15) is 42.2 Å². The summed E-state index contributed by atoms with van der Waals surface area (Å²) >= 11 is 0. The average molecular weight is 343 g/mol. The van der Waals surface area contributed by atoms with E-state index < -0.39 is 11.7 Å². The maximum Gasteiger partial charge on any atom is 0.254 e. The third kappa shape index (κ3) is 3.92. The normalized spacial score (nSPS) is 14.7. The smallest absolute Gasteiger partial charge is 0.254 e. The summed E-state index contributed by atoms with van der Waals surface area (Å²) in [5, 5.41) is 2.94. The summed E-state index contributed by atoms with van der Waals surface area (Å²) in [5.74, 6) is 0.565. The first-order chi connectivity index (χ1) is 12.1. The van der Waals surface area contributed by atoms with Crippen LogP contribution in [0.15, 0.2) is 42.5 Å². The number of carbonyl (C=O) groups excluding carboxylic acids is 1. The van der Waals surface area contributed by atoms with Crippen molar-refractivity contribution >= 4 is 5.91 Å². The highest BCUT2D eigenvalue weighted by Crippen LogP contribution is 2.34. The maximum absolute atomic E-state index is 13.9. The summed E-state index contributed by atoms with van der Waals surface area (Å²) in [7, 11) is 0. The predicted octanol–water partition coefficient (Wildman–Crippen LogP) is 4.11. The first-order valence-electron chi connectivity index (χ1n) is 8.51. The number of hydrogen-bond acceptors (Lipinski definition) is 3. The summed E-state index contributed by atoms with van der Waals surface area (Å²) < 4.78 is 25.2. The van der Waals surface area contributed by atoms with Crippen LogP contribution in [0.4, 0.5) is 4.39 Å². The summed E-state index contributed by atoms with van der Waals surface area (Å²) in [6.45, 7) is 5.25. The van der Waals surface area contributed by atoms with Crippen LogP contribution in [0.2, 0.25) is 0 Å². The summed E-state index contributed by atoms with van der Waals surface area (Å²) in [6.07, 6.45) is 0.835. The van der Waals surface area contributed by atoms with Gasteiger partial charge in [-0.15, -0.1) is 0 Å². The van der Waals surface area contributed by atoms with E-state index in [2.05, 4.69) is 5.32 Å². The SMILES string of the molecule is CC(C)[C@H](NC(=O)c1ccccc1F)c1ccc2c(c1)OCCCO2. The minimum atomic E-state index is -0.527. The second-order valence-electron chi connectivity index (χ2n) is 6.43. The van der Waals surface area contributed by atoms with E-state index in [4.69, 9.17) is 9.47 Å². The molecule has 1 aliphatic rings. The standard InChI is InChI=1S/C20H22FNO3/c1-13(2)19(22-20(23)15-6-3-4-7-16(15)21)14-8-9-17-18(12-14)25-11-5-10-24-17/h3-4,6-9,12-13,19H,5,10-11H2,1-2H3,(H,22,23)/t19-/m0/s1. The zero-order valence-corrected chi connectivity index (χ0v) is 14.4. The van der Waals surface area contributed by atoms with Gasteiger partial charge in [0, 0.05) is 6.42 Å². The van der Waals surface area contributed by atoms with Gasteiger partial charge in [-0.3, -0.25) is 4.79 Å². The summed E-state index contributed by atoms with van der Waals surface area (Å²) in [4.78, 5) is 12.5. The summed E-state index contributed by atoms with van der Waals surface area (Å²) in [5.41, 5.74) is 0.950. The van der Waals surface area contributed by atoms with Crippen LogP contribution >= 0.6 is 0 Å². The molecule has 0 aliphatic carbocycles. The van der Waals surface area contributed by atoms with Gasteiger partial charge in [0.25, 0.3) is 5.91 Å². The fourth-order valence-corrected chi connectivity index (χ4v) is 2.87. The molecule has 1 N–H and O–H groups in total. The molecule has 0 spiro atoms. The average Bonchev–Trinajstić information content (AvgIpc) is 2.84. The number of nitrogens with one attached hydrogen (secondary N) is 1. The molecule has 0 fully saturated rings. The van der Waals surface area contributed by atoms with Gasteiger partial charge in [-0.1, -0.05) is 32.0 Å². The van der Waals surface area contributed by atoms with Crippen molar-refractivity contribution in [3.8, 4) is 11.5 Å². The molecule has 25 heavy (non-hydrogen) atoms. The van der Waals surface area contributed by atoms with E-state index in [0.717, 1.165) is 12.0 Å². The monoisotopic (exact) mass is 343 g/mol. The van der Waals surface area contributed by atoms with Crippen LogP contribution in [-0.2, 0) is 0 Å². The van der Waals surface area contributed by atoms with Crippen molar-refractivity contribution in [2.45, 2.75) is 26.3 Å². The van der Waals surface area contributed by atoms with Crippen molar-refractivity contribution in [1.29, 1.82) is 0 Å². The van der Waals surface area contributed by atoms with Gasteiger partial charge in [0.2, 0.25) is 0 Å². The van der Waals surface area contributed by atoms with E-state index in [9.17, 15) is 9.18 Å². The first-order valence-corrected chi connectivity index (χ1v) is 8.51. The maximum atomic E-state index is 13.9. The van der Waals surface area contributed by atoms with E-state index >= 15 is 0 Å². The lowest BCUT2D eigenvalue weighted by Crippen LogP contribution is -2.32. The van der Waals surface area contributed by atoms with Crippen LogP contribution in [0.3, 0.4) is 0 Å². The zero-order chi connectivity index (χ0) is 17.8. The predicted molar refractivity (Wildman–Crippen MR) is 93.5 cm³/mol. The second kappa shape index (κ2) is 7.55. The molecular weight excluding hydrogens is 321 g/mol. The Morgan fingerprint density at radius 2 is 1.80 bits per heavy atom. The van der Waals surface area contributed by atoms with E-state index in [1.54, 1.807) is 12.1 Å². The molecule has 1 amide bonds. The molecule has 0 saturated heterocycles. The molecule has 1 heterocycles. The van der Waals surface area contributed by atoms with E-state index in [1.807, 2.05) is 32.0 Å². The Hall–Kier alpha value is -2.56. The number of carbonyl (C=O) groups is 1. The second-order valence-corrected chi connectivity index (χ2v) is 6.43. The largest absolute Gasteiger partial charge is 0.490 e. The van der Waals surface area contributed by atoms with Crippen molar-refractivity contribution in [2.75, 3.05) is 13.2 Å². The van der Waals surface area contributed by atoms with E-state index in [-0.39, 0.29) is 17.5 Å². The number of hydrogen-bond donors (Lipinski definition) is 1. The topological polar surface area (TPSA) is 47.6 Å². The van der Waals surface area contributed by atoms with Crippen molar-refractivity contribution < 1.29 is 18.7 Å². The Balaban J connectivity index is 1.85. The number of rotatable bonds is 4. The third-order valence-electron chi connectivity index (χ3n) is 4.20. The highest BCUT2D eigenvalue weighted by Gasteiger charge is 2.22. The Bertz CT molecular complexity index is 760. The molecule has 1 aliphatic heterocycles. The molecule has 0 saturated carbocycles. The highest BCUT2D eigenvalue weighted by atomic mass is 19.1. The van der Waals surface area contributed by atoms with Gasteiger partial charge in [-0.2, -0.15) is 0 Å². The molecule has 3 rings (SSSR count). The van der Waals surface area contributed by atoms with Gasteiger partial charge in [0.05, 0.1) is 24.8 Å². The molecule has 132 valence electrons. The van der Waals surface area contributed by atoms with Gasteiger partial charge in [-0.05, 0) is 35.7 Å². The van der Waals surface area contributed by atoms with Crippen LogP contribution < -0.4 is 14.8 Å². The Labute approximate surface area is 147 Å². The Morgan fingerprint density at radius 3 is 2.52 bits per heavy atom. The van der Waals surface area contributed by atoms with Crippen molar-refractivity contribution in [3.63, 3.8) is 0 Å².